The van der Waals surface area contributed by atoms with Crippen molar-refractivity contribution in [3.8, 4) is 11.1 Å². The van der Waals surface area contributed by atoms with Gasteiger partial charge in [-0.05, 0) is 17.2 Å². The van der Waals surface area contributed by atoms with Crippen molar-refractivity contribution in [1.29, 1.82) is 0 Å². The van der Waals surface area contributed by atoms with Gasteiger partial charge in [-0.2, -0.15) is 0 Å². The third-order valence-corrected chi connectivity index (χ3v) is 4.61. The zero-order valence-electron chi connectivity index (χ0n) is 11.8. The van der Waals surface area contributed by atoms with Crippen LogP contribution in [0, 0.1) is 5.92 Å². The first-order valence-corrected chi connectivity index (χ1v) is 7.50. The van der Waals surface area contributed by atoms with Crippen LogP contribution in [0.25, 0.3) is 11.1 Å². The standard InChI is InChI=1S/C18H18N2O/c21-18(20-11-14-10-19-17(14)12-20)16-9-5-4-8-15(16)13-6-2-1-3-7-13/h1-9,14,17,19H,10-12H2. The SMILES string of the molecule is O=C(c1ccccc1-c1ccccc1)N1CC2CNC2C1. The van der Waals surface area contributed by atoms with Gasteiger partial charge in [-0.1, -0.05) is 48.5 Å². The maximum Gasteiger partial charge on any atom is 0.254 e. The predicted octanol–water partition coefficient (Wildman–Crippen LogP) is 2.40. The molecule has 2 atom stereocenters. The van der Waals surface area contributed by atoms with Crippen molar-refractivity contribution in [1.82, 2.24) is 10.2 Å². The van der Waals surface area contributed by atoms with E-state index in [9.17, 15) is 4.79 Å². The minimum atomic E-state index is 0.158. The van der Waals surface area contributed by atoms with E-state index in [-0.39, 0.29) is 5.91 Å². The lowest BCUT2D eigenvalue weighted by Gasteiger charge is -2.29. The van der Waals surface area contributed by atoms with Gasteiger partial charge >= 0.3 is 0 Å². The van der Waals surface area contributed by atoms with Gasteiger partial charge in [0, 0.05) is 37.2 Å². The molecular weight excluding hydrogens is 260 g/mol. The molecule has 0 spiro atoms. The Labute approximate surface area is 124 Å². The van der Waals surface area contributed by atoms with Crippen molar-refractivity contribution >= 4 is 5.91 Å². The second-order valence-corrected chi connectivity index (χ2v) is 5.90. The molecule has 0 bridgehead atoms. The lowest BCUT2D eigenvalue weighted by Crippen LogP contribution is -2.51. The van der Waals surface area contributed by atoms with Gasteiger partial charge in [-0.3, -0.25) is 4.79 Å². The van der Waals surface area contributed by atoms with E-state index in [0.29, 0.717) is 12.0 Å². The van der Waals surface area contributed by atoms with Crippen molar-refractivity contribution in [3.05, 3.63) is 60.2 Å². The van der Waals surface area contributed by atoms with Crippen LogP contribution in [0.15, 0.2) is 54.6 Å². The number of nitrogens with one attached hydrogen (secondary N) is 1. The number of likely N-dealkylation sites (tertiary alicyclic amines) is 1. The van der Waals surface area contributed by atoms with E-state index in [4.69, 9.17) is 0 Å². The van der Waals surface area contributed by atoms with Crippen molar-refractivity contribution < 1.29 is 4.79 Å². The summed E-state index contributed by atoms with van der Waals surface area (Å²) in [6.45, 7) is 2.78. The van der Waals surface area contributed by atoms with Gasteiger partial charge < -0.3 is 10.2 Å². The van der Waals surface area contributed by atoms with Crippen LogP contribution in [0.2, 0.25) is 0 Å². The molecular formula is C18H18N2O. The molecule has 2 heterocycles. The summed E-state index contributed by atoms with van der Waals surface area (Å²) < 4.78 is 0. The van der Waals surface area contributed by atoms with Gasteiger partial charge in [-0.25, -0.2) is 0 Å². The second kappa shape index (κ2) is 5.01. The molecule has 2 unspecified atom stereocenters. The number of hydrogen-bond donors (Lipinski definition) is 1. The highest BCUT2D eigenvalue weighted by atomic mass is 16.2. The van der Waals surface area contributed by atoms with Gasteiger partial charge in [-0.15, -0.1) is 0 Å². The summed E-state index contributed by atoms with van der Waals surface area (Å²) in [7, 11) is 0. The highest BCUT2D eigenvalue weighted by molar-refractivity contribution is 6.01. The lowest BCUT2D eigenvalue weighted by molar-refractivity contribution is 0.0790. The number of amides is 1. The zero-order valence-corrected chi connectivity index (χ0v) is 11.8. The first kappa shape index (κ1) is 12.6. The van der Waals surface area contributed by atoms with Crippen LogP contribution in [0.5, 0.6) is 0 Å². The molecule has 106 valence electrons. The van der Waals surface area contributed by atoms with Crippen LogP contribution < -0.4 is 5.32 Å². The molecule has 2 saturated heterocycles. The van der Waals surface area contributed by atoms with Crippen molar-refractivity contribution in [2.45, 2.75) is 6.04 Å². The smallest absolute Gasteiger partial charge is 0.254 e. The fourth-order valence-electron chi connectivity index (χ4n) is 3.33. The Morgan fingerprint density at radius 1 is 1.00 bits per heavy atom. The third kappa shape index (κ3) is 2.14. The van der Waals surface area contributed by atoms with E-state index < -0.39 is 0 Å². The Balaban J connectivity index is 1.67. The number of carbonyl (C=O) groups is 1. The maximum atomic E-state index is 12.9. The summed E-state index contributed by atoms with van der Waals surface area (Å²) in [5.74, 6) is 0.809. The first-order valence-electron chi connectivity index (χ1n) is 7.50. The molecule has 2 aromatic carbocycles. The molecule has 4 rings (SSSR count). The second-order valence-electron chi connectivity index (χ2n) is 5.90. The maximum absolute atomic E-state index is 12.9. The first-order chi connectivity index (χ1) is 10.3. The van der Waals surface area contributed by atoms with Gasteiger partial charge in [0.15, 0.2) is 0 Å². The van der Waals surface area contributed by atoms with E-state index in [2.05, 4.69) is 17.4 Å². The van der Waals surface area contributed by atoms with Crippen molar-refractivity contribution in [3.63, 3.8) is 0 Å². The molecule has 1 amide bonds. The molecule has 0 radical (unpaired) electrons. The Kier molecular flexibility index (Phi) is 3.00. The van der Waals surface area contributed by atoms with Crippen LogP contribution in [0.1, 0.15) is 10.4 Å². The summed E-state index contributed by atoms with van der Waals surface area (Å²) in [6, 6.07) is 18.6. The summed E-state index contributed by atoms with van der Waals surface area (Å²) in [5, 5.41) is 3.40. The van der Waals surface area contributed by atoms with Gasteiger partial charge in [0.1, 0.15) is 0 Å². The average Bonchev–Trinajstić information content (AvgIpc) is 2.83. The van der Waals surface area contributed by atoms with Crippen LogP contribution in [-0.2, 0) is 0 Å². The number of nitrogens with zero attached hydrogens (tertiary/aromatic N) is 1. The zero-order chi connectivity index (χ0) is 14.2. The van der Waals surface area contributed by atoms with Crippen LogP contribution in [-0.4, -0.2) is 36.5 Å². The highest BCUT2D eigenvalue weighted by Crippen LogP contribution is 2.28. The van der Waals surface area contributed by atoms with Crippen LogP contribution in [0.4, 0.5) is 0 Å². The van der Waals surface area contributed by atoms with E-state index >= 15 is 0 Å². The van der Waals surface area contributed by atoms with Gasteiger partial charge in [0.25, 0.3) is 5.91 Å². The van der Waals surface area contributed by atoms with Gasteiger partial charge in [0.05, 0.1) is 0 Å². The number of benzene rings is 2. The normalized spacial score (nSPS) is 23.5. The monoisotopic (exact) mass is 278 g/mol. The quantitative estimate of drug-likeness (QED) is 0.915. The van der Waals surface area contributed by atoms with Gasteiger partial charge in [0.2, 0.25) is 0 Å². The summed E-state index contributed by atoms with van der Waals surface area (Å²) in [4.78, 5) is 14.9. The molecule has 2 aliphatic heterocycles. The minimum Gasteiger partial charge on any atom is -0.337 e. The number of rotatable bonds is 2. The summed E-state index contributed by atoms with van der Waals surface area (Å²) >= 11 is 0. The fraction of sp³-hybridized carbons (Fsp3) is 0.278. The number of hydrogen-bond acceptors (Lipinski definition) is 2. The number of fused-ring (bicyclic) bond motifs is 1. The van der Waals surface area contributed by atoms with Crippen LogP contribution in [0.3, 0.4) is 0 Å². The molecule has 3 nitrogen and oxygen atoms in total. The van der Waals surface area contributed by atoms with Crippen molar-refractivity contribution in [2.75, 3.05) is 19.6 Å². The molecule has 2 fully saturated rings. The molecule has 0 aromatic heterocycles. The molecule has 0 aliphatic carbocycles. The minimum absolute atomic E-state index is 0.158. The number of carbonyl (C=O) groups excluding carboxylic acids is 1. The topological polar surface area (TPSA) is 32.3 Å². The fourth-order valence-corrected chi connectivity index (χ4v) is 3.33. The van der Waals surface area contributed by atoms with E-state index in [1.54, 1.807) is 0 Å². The Morgan fingerprint density at radius 3 is 2.43 bits per heavy atom. The lowest BCUT2D eigenvalue weighted by atomic mass is 9.96. The Bertz CT molecular complexity index is 656. The average molecular weight is 278 g/mol. The Morgan fingerprint density at radius 2 is 1.76 bits per heavy atom. The summed E-state index contributed by atoms with van der Waals surface area (Å²) in [6.07, 6.45) is 0. The summed E-state index contributed by atoms with van der Waals surface area (Å²) in [5.41, 5.74) is 2.93. The van der Waals surface area contributed by atoms with Crippen molar-refractivity contribution in [2.24, 2.45) is 5.92 Å². The van der Waals surface area contributed by atoms with Crippen LogP contribution >= 0.6 is 0 Å². The van der Waals surface area contributed by atoms with E-state index in [1.165, 1.54) is 0 Å². The third-order valence-electron chi connectivity index (χ3n) is 4.61. The largest absolute Gasteiger partial charge is 0.337 e. The Hall–Kier alpha value is -2.13. The van der Waals surface area contributed by atoms with E-state index in [1.807, 2.05) is 47.4 Å². The van der Waals surface area contributed by atoms with E-state index in [0.717, 1.165) is 36.3 Å². The molecule has 2 aromatic rings. The predicted molar refractivity (Wildman–Crippen MR) is 83.1 cm³/mol. The molecule has 3 heteroatoms. The molecule has 1 N–H and O–H groups in total. The highest BCUT2D eigenvalue weighted by Gasteiger charge is 2.41. The molecule has 0 saturated carbocycles. The molecule has 2 aliphatic rings. The molecule has 21 heavy (non-hydrogen) atoms.